The average Bonchev–Trinajstić information content (AvgIpc) is 2.36. The van der Waals surface area contributed by atoms with Crippen molar-refractivity contribution < 1.29 is 15.0 Å². The van der Waals surface area contributed by atoms with Crippen LogP contribution in [0.4, 0.5) is 0 Å². The van der Waals surface area contributed by atoms with Gasteiger partial charge in [0.1, 0.15) is 0 Å². The van der Waals surface area contributed by atoms with Crippen molar-refractivity contribution in [3.8, 4) is 0 Å². The summed E-state index contributed by atoms with van der Waals surface area (Å²) in [5, 5.41) is 22.6. The highest BCUT2D eigenvalue weighted by Gasteiger charge is 2.24. The van der Waals surface area contributed by atoms with E-state index in [0.717, 1.165) is 36.1 Å². The minimum absolute atomic E-state index is 0.0851. The number of benzene rings is 1. The molecule has 112 valence electrons. The summed E-state index contributed by atoms with van der Waals surface area (Å²) >= 11 is 0. The molecule has 0 saturated heterocycles. The molecule has 0 heterocycles. The molecule has 0 aliphatic rings. The van der Waals surface area contributed by atoms with Crippen LogP contribution in [0.5, 0.6) is 0 Å². The van der Waals surface area contributed by atoms with E-state index in [1.807, 2.05) is 32.0 Å². The Hall–Kier alpha value is -1.39. The molecule has 0 aliphatic heterocycles. The lowest BCUT2D eigenvalue weighted by Crippen LogP contribution is -2.37. The first-order chi connectivity index (χ1) is 9.45. The van der Waals surface area contributed by atoms with E-state index >= 15 is 0 Å². The molecule has 0 saturated carbocycles. The second-order valence-corrected chi connectivity index (χ2v) is 5.32. The summed E-state index contributed by atoms with van der Waals surface area (Å²) in [5.41, 5.74) is 2.92. The number of aliphatic carboxylic acids is 1. The van der Waals surface area contributed by atoms with Gasteiger partial charge < -0.3 is 15.5 Å². The third kappa shape index (κ3) is 4.94. The van der Waals surface area contributed by atoms with Gasteiger partial charge in [-0.15, -0.1) is 0 Å². The minimum Gasteiger partial charge on any atom is -0.481 e. The predicted molar refractivity (Wildman–Crippen MR) is 79.8 cm³/mol. The zero-order valence-corrected chi connectivity index (χ0v) is 12.5. The van der Waals surface area contributed by atoms with Crippen molar-refractivity contribution in [1.29, 1.82) is 0 Å². The first-order valence-corrected chi connectivity index (χ1v) is 7.16. The number of aryl methyl sites for hydroxylation is 2. The highest BCUT2D eigenvalue weighted by molar-refractivity contribution is 5.67. The van der Waals surface area contributed by atoms with Crippen LogP contribution in [0.3, 0.4) is 0 Å². The van der Waals surface area contributed by atoms with Crippen LogP contribution in [-0.2, 0) is 4.79 Å². The van der Waals surface area contributed by atoms with Crippen LogP contribution in [0.1, 0.15) is 49.0 Å². The molecule has 0 aliphatic carbocycles. The lowest BCUT2D eigenvalue weighted by molar-refractivity contribution is -0.138. The molecule has 0 aromatic heterocycles. The number of unbranched alkanes of at least 4 members (excludes halogenated alkanes) is 1. The van der Waals surface area contributed by atoms with Crippen molar-refractivity contribution in [2.45, 2.75) is 52.2 Å². The van der Waals surface area contributed by atoms with Gasteiger partial charge in [-0.3, -0.25) is 4.79 Å². The summed E-state index contributed by atoms with van der Waals surface area (Å²) in [6, 6.07) is 5.37. The maximum atomic E-state index is 11.0. The number of carboxylic acids is 1. The number of aliphatic hydroxyl groups is 1. The number of nitrogens with one attached hydrogen (secondary N) is 1. The van der Waals surface area contributed by atoms with Crippen LogP contribution in [0.25, 0.3) is 0 Å². The van der Waals surface area contributed by atoms with E-state index in [0.29, 0.717) is 0 Å². The lowest BCUT2D eigenvalue weighted by atomic mass is 9.94. The van der Waals surface area contributed by atoms with Gasteiger partial charge in [0.25, 0.3) is 0 Å². The summed E-state index contributed by atoms with van der Waals surface area (Å²) in [6.07, 6.45) is 1.11. The zero-order chi connectivity index (χ0) is 15.1. The maximum absolute atomic E-state index is 11.0. The van der Waals surface area contributed by atoms with Gasteiger partial charge in [0.15, 0.2) is 0 Å². The fourth-order valence-electron chi connectivity index (χ4n) is 2.32. The van der Waals surface area contributed by atoms with E-state index in [1.165, 1.54) is 0 Å². The molecular formula is C16H25NO3. The van der Waals surface area contributed by atoms with E-state index in [1.54, 1.807) is 0 Å². The van der Waals surface area contributed by atoms with E-state index in [2.05, 4.69) is 12.2 Å². The topological polar surface area (TPSA) is 69.6 Å². The summed E-state index contributed by atoms with van der Waals surface area (Å²) in [7, 11) is 0. The van der Waals surface area contributed by atoms with Gasteiger partial charge >= 0.3 is 5.97 Å². The Balaban J connectivity index is 2.84. The van der Waals surface area contributed by atoms with Crippen molar-refractivity contribution in [2.75, 3.05) is 6.54 Å². The zero-order valence-electron chi connectivity index (χ0n) is 12.5. The molecule has 20 heavy (non-hydrogen) atoms. The van der Waals surface area contributed by atoms with Crippen LogP contribution < -0.4 is 5.32 Å². The van der Waals surface area contributed by atoms with Crippen LogP contribution in [0.15, 0.2) is 18.2 Å². The highest BCUT2D eigenvalue weighted by atomic mass is 16.4. The van der Waals surface area contributed by atoms with Crippen molar-refractivity contribution in [3.63, 3.8) is 0 Å². The van der Waals surface area contributed by atoms with Crippen molar-refractivity contribution >= 4 is 5.97 Å². The Morgan fingerprint density at radius 1 is 1.35 bits per heavy atom. The summed E-state index contributed by atoms with van der Waals surface area (Å²) in [6.45, 7) is 6.73. The highest BCUT2D eigenvalue weighted by Crippen LogP contribution is 2.23. The molecule has 2 unspecified atom stereocenters. The van der Waals surface area contributed by atoms with Gasteiger partial charge in [0.05, 0.1) is 12.5 Å². The fourth-order valence-corrected chi connectivity index (χ4v) is 2.32. The SMILES string of the molecule is CCCCNC(CC(=O)O)C(O)c1ccc(C)cc1C. The quantitative estimate of drug-likeness (QED) is 0.640. The number of hydrogen-bond donors (Lipinski definition) is 3. The molecule has 4 heteroatoms. The average molecular weight is 279 g/mol. The third-order valence-corrected chi connectivity index (χ3v) is 3.46. The van der Waals surface area contributed by atoms with E-state index in [4.69, 9.17) is 5.11 Å². The molecule has 1 aromatic carbocycles. The van der Waals surface area contributed by atoms with E-state index in [9.17, 15) is 9.90 Å². The maximum Gasteiger partial charge on any atom is 0.305 e. The largest absolute Gasteiger partial charge is 0.481 e. The summed E-state index contributed by atoms with van der Waals surface area (Å²) in [4.78, 5) is 11.0. The molecule has 3 N–H and O–H groups in total. The molecule has 1 aromatic rings. The molecule has 0 spiro atoms. The summed E-state index contributed by atoms with van der Waals surface area (Å²) in [5.74, 6) is -0.900. The monoisotopic (exact) mass is 279 g/mol. The van der Waals surface area contributed by atoms with Crippen LogP contribution >= 0.6 is 0 Å². The molecule has 1 rings (SSSR count). The Bertz CT molecular complexity index is 445. The third-order valence-electron chi connectivity index (χ3n) is 3.46. The Kier molecular flexibility index (Phi) is 6.68. The molecule has 0 amide bonds. The number of aliphatic hydroxyl groups excluding tert-OH is 1. The number of carbonyl (C=O) groups is 1. The standard InChI is InChI=1S/C16H25NO3/c1-4-5-8-17-14(10-15(18)19)16(20)13-7-6-11(2)9-12(13)3/h6-7,9,14,16-17,20H,4-5,8,10H2,1-3H3,(H,18,19). The van der Waals surface area contributed by atoms with Crippen molar-refractivity contribution in [1.82, 2.24) is 5.32 Å². The van der Waals surface area contributed by atoms with Gasteiger partial charge in [0.2, 0.25) is 0 Å². The van der Waals surface area contributed by atoms with Crippen molar-refractivity contribution in [2.24, 2.45) is 0 Å². The number of carboxylic acid groups (broad SMARTS) is 1. The number of hydrogen-bond acceptors (Lipinski definition) is 3. The van der Waals surface area contributed by atoms with Gasteiger partial charge in [-0.25, -0.2) is 0 Å². The molecule has 0 fully saturated rings. The van der Waals surface area contributed by atoms with Crippen LogP contribution in [0.2, 0.25) is 0 Å². The number of rotatable bonds is 8. The van der Waals surface area contributed by atoms with Crippen LogP contribution in [-0.4, -0.2) is 28.8 Å². The molecule has 2 atom stereocenters. The van der Waals surface area contributed by atoms with E-state index < -0.39 is 18.1 Å². The Morgan fingerprint density at radius 2 is 2.05 bits per heavy atom. The fraction of sp³-hybridized carbons (Fsp3) is 0.562. The molecule has 4 nitrogen and oxygen atoms in total. The minimum atomic E-state index is -0.900. The normalized spacial score (nSPS) is 14.0. The van der Waals surface area contributed by atoms with Gasteiger partial charge in [-0.2, -0.15) is 0 Å². The van der Waals surface area contributed by atoms with Crippen LogP contribution in [0, 0.1) is 13.8 Å². The first kappa shape index (κ1) is 16.7. The first-order valence-electron chi connectivity index (χ1n) is 7.16. The van der Waals surface area contributed by atoms with Gasteiger partial charge in [-0.1, -0.05) is 37.1 Å². The Labute approximate surface area is 120 Å². The Morgan fingerprint density at radius 3 is 2.60 bits per heavy atom. The molecule has 0 bridgehead atoms. The van der Waals surface area contributed by atoms with Gasteiger partial charge in [-0.05, 0) is 37.9 Å². The van der Waals surface area contributed by atoms with E-state index in [-0.39, 0.29) is 6.42 Å². The lowest BCUT2D eigenvalue weighted by Gasteiger charge is -2.24. The molecular weight excluding hydrogens is 254 g/mol. The smallest absolute Gasteiger partial charge is 0.305 e. The van der Waals surface area contributed by atoms with Crippen molar-refractivity contribution in [3.05, 3.63) is 34.9 Å². The molecule has 0 radical (unpaired) electrons. The van der Waals surface area contributed by atoms with Gasteiger partial charge in [0, 0.05) is 6.04 Å². The second kappa shape index (κ2) is 8.02. The predicted octanol–water partition coefficient (Wildman–Crippen LogP) is 2.57. The summed E-state index contributed by atoms with van der Waals surface area (Å²) < 4.78 is 0. The second-order valence-electron chi connectivity index (χ2n) is 5.32.